The van der Waals surface area contributed by atoms with E-state index >= 15 is 0 Å². The van der Waals surface area contributed by atoms with E-state index in [2.05, 4.69) is 30.0 Å². The van der Waals surface area contributed by atoms with Crippen molar-refractivity contribution in [3.05, 3.63) is 52.2 Å². The third kappa shape index (κ3) is 3.53. The topological polar surface area (TPSA) is 78.8 Å². The van der Waals surface area contributed by atoms with Crippen LogP contribution in [0, 0.1) is 18.3 Å². The van der Waals surface area contributed by atoms with Crippen LogP contribution >= 0.6 is 11.3 Å². The Labute approximate surface area is 163 Å². The maximum absolute atomic E-state index is 9.48. The number of rotatable bonds is 3. The summed E-state index contributed by atoms with van der Waals surface area (Å²) in [5, 5.41) is 10.5. The minimum Gasteiger partial charge on any atom is -0.356 e. The van der Waals surface area contributed by atoms with Crippen molar-refractivity contribution >= 4 is 27.4 Å². The lowest BCUT2D eigenvalue weighted by atomic mass is 9.91. The molecule has 0 saturated carbocycles. The Balaban J connectivity index is 1.79. The number of nitrogens with zero attached hydrogens (tertiary/aromatic N) is 4. The average molecular weight is 378 g/mol. The molecule has 27 heavy (non-hydrogen) atoms. The van der Waals surface area contributed by atoms with E-state index in [1.807, 2.05) is 25.1 Å². The zero-order valence-corrected chi connectivity index (χ0v) is 16.5. The Morgan fingerprint density at radius 3 is 2.59 bits per heavy atom. The second kappa shape index (κ2) is 6.91. The van der Waals surface area contributed by atoms with Gasteiger partial charge in [-0.2, -0.15) is 5.26 Å². The van der Waals surface area contributed by atoms with Gasteiger partial charge in [0.25, 0.3) is 0 Å². The minimum absolute atomic E-state index is 0.114. The number of aryl methyl sites for hydroxylation is 1. The van der Waals surface area contributed by atoms with Gasteiger partial charge in [-0.15, -0.1) is 11.3 Å². The van der Waals surface area contributed by atoms with Gasteiger partial charge in [-0.25, -0.2) is 9.97 Å². The fraction of sp³-hybridized carbons (Fsp3) is 0.381. The predicted molar refractivity (Wildman–Crippen MR) is 110 cm³/mol. The number of thiophene rings is 1. The summed E-state index contributed by atoms with van der Waals surface area (Å²) in [7, 11) is 0. The summed E-state index contributed by atoms with van der Waals surface area (Å²) in [4.78, 5) is 13.7. The molecule has 0 radical (unpaired) electrons. The predicted octanol–water partition coefficient (Wildman–Crippen LogP) is 3.78. The summed E-state index contributed by atoms with van der Waals surface area (Å²) >= 11 is 1.46. The highest BCUT2D eigenvalue weighted by molar-refractivity contribution is 7.19. The molecular formula is C21H23N5S. The van der Waals surface area contributed by atoms with Crippen LogP contribution in [-0.4, -0.2) is 28.6 Å². The summed E-state index contributed by atoms with van der Waals surface area (Å²) in [6, 6.07) is 12.6. The molecular weight excluding hydrogens is 354 g/mol. The van der Waals surface area contributed by atoms with Crippen LogP contribution in [-0.2, 0) is 6.42 Å². The lowest BCUT2D eigenvalue weighted by molar-refractivity contribution is 0.363. The summed E-state index contributed by atoms with van der Waals surface area (Å²) in [5.74, 6) is 1.76. The van der Waals surface area contributed by atoms with Gasteiger partial charge in [0.2, 0.25) is 0 Å². The van der Waals surface area contributed by atoms with Crippen molar-refractivity contribution in [2.45, 2.75) is 38.6 Å². The Kier molecular flexibility index (Phi) is 4.58. The highest BCUT2D eigenvalue weighted by atomic mass is 32.1. The zero-order chi connectivity index (χ0) is 19.0. The monoisotopic (exact) mass is 377 g/mol. The molecule has 1 aromatic carbocycles. The molecule has 0 spiro atoms. The largest absolute Gasteiger partial charge is 0.356 e. The van der Waals surface area contributed by atoms with E-state index in [1.165, 1.54) is 16.9 Å². The molecule has 0 bridgehead atoms. The van der Waals surface area contributed by atoms with Crippen LogP contribution in [0.1, 0.15) is 41.6 Å². The van der Waals surface area contributed by atoms with E-state index in [-0.39, 0.29) is 5.54 Å². The molecule has 3 heterocycles. The summed E-state index contributed by atoms with van der Waals surface area (Å²) < 4.78 is 0. The first-order valence-corrected chi connectivity index (χ1v) is 10.1. The number of nitriles is 1. The van der Waals surface area contributed by atoms with Crippen molar-refractivity contribution in [1.82, 2.24) is 9.97 Å². The number of hydrogen-bond donors (Lipinski definition) is 1. The number of aromatic nitrogens is 2. The van der Waals surface area contributed by atoms with Crippen molar-refractivity contribution in [2.75, 3.05) is 18.0 Å². The van der Waals surface area contributed by atoms with Crippen molar-refractivity contribution < 1.29 is 0 Å². The molecule has 1 saturated heterocycles. The molecule has 0 amide bonds. The third-order valence-electron chi connectivity index (χ3n) is 5.33. The normalized spacial score (nSPS) is 16.4. The van der Waals surface area contributed by atoms with E-state index in [9.17, 15) is 5.26 Å². The number of benzene rings is 1. The minimum atomic E-state index is -0.114. The summed E-state index contributed by atoms with van der Waals surface area (Å²) in [6.45, 7) is 5.87. The lowest BCUT2D eigenvalue weighted by Crippen LogP contribution is -2.48. The Bertz CT molecular complexity index is 1010. The Morgan fingerprint density at radius 2 is 1.93 bits per heavy atom. The van der Waals surface area contributed by atoms with Gasteiger partial charge in [-0.3, -0.25) is 0 Å². The number of hydrogen-bond acceptors (Lipinski definition) is 6. The van der Waals surface area contributed by atoms with Crippen LogP contribution in [0.25, 0.3) is 10.2 Å². The highest BCUT2D eigenvalue weighted by Gasteiger charge is 2.29. The van der Waals surface area contributed by atoms with Crippen LogP contribution in [0.2, 0.25) is 0 Å². The van der Waals surface area contributed by atoms with Gasteiger partial charge in [0, 0.05) is 25.0 Å². The number of piperidine rings is 1. The molecule has 2 aromatic heterocycles. The van der Waals surface area contributed by atoms with Gasteiger partial charge in [0.15, 0.2) is 0 Å². The third-order valence-corrected chi connectivity index (χ3v) is 6.42. The van der Waals surface area contributed by atoms with Gasteiger partial charge in [-0.05, 0) is 37.8 Å². The quantitative estimate of drug-likeness (QED) is 0.751. The first kappa shape index (κ1) is 17.9. The van der Waals surface area contributed by atoms with Crippen LogP contribution < -0.4 is 10.6 Å². The van der Waals surface area contributed by atoms with Crippen LogP contribution in [0.3, 0.4) is 0 Å². The van der Waals surface area contributed by atoms with Gasteiger partial charge in [0.05, 0.1) is 5.39 Å². The number of nitrogens with two attached hydrogens (primary N) is 1. The SMILES string of the molecule is Cc1c(C#N)sc2nc(Cc3ccccc3)nc(N3CCC(C)(N)CC3)c12. The molecule has 3 aromatic rings. The fourth-order valence-corrected chi connectivity index (χ4v) is 4.57. The maximum atomic E-state index is 9.48. The second-order valence-electron chi connectivity index (χ2n) is 7.62. The van der Waals surface area contributed by atoms with Gasteiger partial charge >= 0.3 is 0 Å². The van der Waals surface area contributed by atoms with Crippen LogP contribution in [0.5, 0.6) is 0 Å². The van der Waals surface area contributed by atoms with Gasteiger partial charge in [-0.1, -0.05) is 30.3 Å². The van der Waals surface area contributed by atoms with E-state index in [1.54, 1.807) is 0 Å². The summed E-state index contributed by atoms with van der Waals surface area (Å²) in [5.41, 5.74) is 8.37. The first-order valence-electron chi connectivity index (χ1n) is 9.25. The van der Waals surface area contributed by atoms with Gasteiger partial charge < -0.3 is 10.6 Å². The standard InChI is InChI=1S/C21H23N5S/c1-14-16(13-22)27-20-18(14)19(26-10-8-21(2,23)9-11-26)24-17(25-20)12-15-6-4-3-5-7-15/h3-7H,8-12,23H2,1-2H3. The van der Waals surface area contributed by atoms with Crippen LogP contribution in [0.4, 0.5) is 5.82 Å². The van der Waals surface area contributed by atoms with Gasteiger partial charge in [0.1, 0.15) is 27.4 Å². The zero-order valence-electron chi connectivity index (χ0n) is 15.7. The lowest BCUT2D eigenvalue weighted by Gasteiger charge is -2.37. The molecule has 1 aliphatic heterocycles. The molecule has 1 aliphatic rings. The van der Waals surface area contributed by atoms with Crippen molar-refractivity contribution in [3.63, 3.8) is 0 Å². The number of anilines is 1. The Morgan fingerprint density at radius 1 is 1.22 bits per heavy atom. The molecule has 6 heteroatoms. The molecule has 0 aliphatic carbocycles. The molecule has 0 atom stereocenters. The number of fused-ring (bicyclic) bond motifs is 1. The van der Waals surface area contributed by atoms with E-state index in [0.29, 0.717) is 6.42 Å². The molecule has 0 unspecified atom stereocenters. The van der Waals surface area contributed by atoms with E-state index < -0.39 is 0 Å². The molecule has 4 rings (SSSR count). The smallest absolute Gasteiger partial charge is 0.141 e. The highest BCUT2D eigenvalue weighted by Crippen LogP contribution is 2.36. The average Bonchev–Trinajstić information content (AvgIpc) is 2.98. The first-order chi connectivity index (χ1) is 13.0. The second-order valence-corrected chi connectivity index (χ2v) is 8.61. The molecule has 5 nitrogen and oxygen atoms in total. The van der Waals surface area contributed by atoms with Crippen LogP contribution in [0.15, 0.2) is 30.3 Å². The summed E-state index contributed by atoms with van der Waals surface area (Å²) in [6.07, 6.45) is 2.55. The molecule has 2 N–H and O–H groups in total. The van der Waals surface area contributed by atoms with E-state index in [0.717, 1.165) is 58.2 Å². The maximum Gasteiger partial charge on any atom is 0.141 e. The van der Waals surface area contributed by atoms with E-state index in [4.69, 9.17) is 15.7 Å². The molecule has 1 fully saturated rings. The van der Waals surface area contributed by atoms with Crippen molar-refractivity contribution in [1.29, 1.82) is 5.26 Å². The van der Waals surface area contributed by atoms with Crippen molar-refractivity contribution in [2.24, 2.45) is 5.73 Å². The molecule has 138 valence electrons. The fourth-order valence-electron chi connectivity index (χ4n) is 3.58. The van der Waals surface area contributed by atoms with Crippen molar-refractivity contribution in [3.8, 4) is 6.07 Å². The Hall–Kier alpha value is -2.49.